The Balaban J connectivity index is 2.87. The number of esters is 1. The summed E-state index contributed by atoms with van der Waals surface area (Å²) in [7, 11) is 0. The zero-order valence-electron chi connectivity index (χ0n) is 14.0. The van der Waals surface area contributed by atoms with Crippen molar-refractivity contribution in [1.82, 2.24) is 0 Å². The third-order valence-corrected chi connectivity index (χ3v) is 3.91. The summed E-state index contributed by atoms with van der Waals surface area (Å²) in [6.45, 7) is 7.28. The van der Waals surface area contributed by atoms with Crippen molar-refractivity contribution in [3.05, 3.63) is 34.9 Å². The minimum absolute atomic E-state index is 0.0646. The maximum Gasteiger partial charge on any atom is 0.491 e. The largest absolute Gasteiger partial charge is 0.491 e. The molecule has 1 N–H and O–H groups in total. The van der Waals surface area contributed by atoms with Crippen molar-refractivity contribution < 1.29 is 32.6 Å². The Morgan fingerprint density at radius 2 is 1.96 bits per heavy atom. The van der Waals surface area contributed by atoms with Crippen molar-refractivity contribution in [2.24, 2.45) is 5.41 Å². The van der Waals surface area contributed by atoms with Crippen LogP contribution in [0.15, 0.2) is 34.9 Å². The van der Waals surface area contributed by atoms with Crippen LogP contribution in [-0.2, 0) is 14.3 Å². The molecule has 0 aromatic carbocycles. The van der Waals surface area contributed by atoms with Gasteiger partial charge in [-0.05, 0) is 48.5 Å². The number of aliphatic hydroxyl groups excluding tert-OH is 1. The number of carbonyl (C=O) groups is 2. The van der Waals surface area contributed by atoms with Gasteiger partial charge in [0.1, 0.15) is 0 Å². The first-order chi connectivity index (χ1) is 10.8. The van der Waals surface area contributed by atoms with Gasteiger partial charge < -0.3 is 9.84 Å². The van der Waals surface area contributed by atoms with Gasteiger partial charge in [-0.3, -0.25) is 4.79 Å². The van der Waals surface area contributed by atoms with Crippen LogP contribution >= 0.6 is 0 Å². The van der Waals surface area contributed by atoms with E-state index >= 15 is 0 Å². The summed E-state index contributed by atoms with van der Waals surface area (Å²) in [6, 6.07) is 0. The summed E-state index contributed by atoms with van der Waals surface area (Å²) in [5, 5.41) is 9.37. The topological polar surface area (TPSA) is 63.6 Å². The highest BCUT2D eigenvalue weighted by Gasteiger charge is 2.42. The SMILES string of the molecule is CC1=C(/C=C/C(C)=C/C(O)OC(=O)C(F)(F)F)C(C)(C)CCC1=O. The van der Waals surface area contributed by atoms with E-state index in [4.69, 9.17) is 0 Å². The fourth-order valence-electron chi connectivity index (χ4n) is 2.46. The number of halogens is 3. The van der Waals surface area contributed by atoms with Gasteiger partial charge in [-0.25, -0.2) is 4.79 Å². The number of Topliss-reactive ketones (excluding diaryl/α,β-unsaturated/α-hetero) is 1. The molecule has 0 radical (unpaired) electrons. The van der Waals surface area contributed by atoms with Gasteiger partial charge in [0, 0.05) is 6.42 Å². The van der Waals surface area contributed by atoms with Gasteiger partial charge in [-0.1, -0.05) is 26.0 Å². The van der Waals surface area contributed by atoms with Crippen molar-refractivity contribution in [3.8, 4) is 0 Å². The summed E-state index contributed by atoms with van der Waals surface area (Å²) in [5.41, 5.74) is 1.69. The maximum atomic E-state index is 12.0. The lowest BCUT2D eigenvalue weighted by molar-refractivity contribution is -0.214. The normalized spacial score (nSPS) is 20.5. The predicted octanol–water partition coefficient (Wildman–Crippen LogP) is 3.62. The lowest BCUT2D eigenvalue weighted by Gasteiger charge is -2.32. The number of hydrogen-bond acceptors (Lipinski definition) is 4. The molecular weight excluding hydrogens is 325 g/mol. The van der Waals surface area contributed by atoms with E-state index in [9.17, 15) is 27.9 Å². The first kappa shape index (κ1) is 20.2. The maximum absolute atomic E-state index is 12.0. The van der Waals surface area contributed by atoms with Crippen LogP contribution in [-0.4, -0.2) is 29.3 Å². The molecule has 1 atom stereocenters. The van der Waals surface area contributed by atoms with Crippen molar-refractivity contribution in [3.63, 3.8) is 0 Å². The fourth-order valence-corrected chi connectivity index (χ4v) is 2.46. The monoisotopic (exact) mass is 346 g/mol. The van der Waals surface area contributed by atoms with E-state index in [0.717, 1.165) is 11.6 Å². The van der Waals surface area contributed by atoms with Crippen molar-refractivity contribution >= 4 is 11.8 Å². The van der Waals surface area contributed by atoms with E-state index in [2.05, 4.69) is 4.74 Å². The van der Waals surface area contributed by atoms with Crippen LogP contribution in [0.3, 0.4) is 0 Å². The van der Waals surface area contributed by atoms with Crippen molar-refractivity contribution in [1.29, 1.82) is 0 Å². The molecule has 4 nitrogen and oxygen atoms in total. The van der Waals surface area contributed by atoms with Crippen LogP contribution < -0.4 is 0 Å². The fraction of sp³-hybridized carbons (Fsp3) is 0.529. The van der Waals surface area contributed by atoms with Gasteiger partial charge in [0.05, 0.1) is 0 Å². The Morgan fingerprint density at radius 3 is 2.50 bits per heavy atom. The quantitative estimate of drug-likeness (QED) is 0.480. The number of carbonyl (C=O) groups excluding carboxylic acids is 2. The summed E-state index contributed by atoms with van der Waals surface area (Å²) in [5.74, 6) is -2.39. The van der Waals surface area contributed by atoms with Crippen LogP contribution in [0.25, 0.3) is 0 Å². The molecule has 1 rings (SSSR count). The average molecular weight is 346 g/mol. The van der Waals surface area contributed by atoms with Crippen LogP contribution in [0, 0.1) is 5.41 Å². The van der Waals surface area contributed by atoms with E-state index in [1.807, 2.05) is 13.8 Å². The highest BCUT2D eigenvalue weighted by molar-refractivity contribution is 5.97. The summed E-state index contributed by atoms with van der Waals surface area (Å²) in [4.78, 5) is 22.4. The number of rotatable bonds is 4. The van der Waals surface area contributed by atoms with E-state index in [-0.39, 0.29) is 11.2 Å². The molecule has 0 amide bonds. The van der Waals surface area contributed by atoms with E-state index in [1.54, 1.807) is 19.1 Å². The first-order valence-electron chi connectivity index (χ1n) is 7.41. The highest BCUT2D eigenvalue weighted by atomic mass is 19.4. The first-order valence-corrected chi connectivity index (χ1v) is 7.41. The molecule has 0 aliphatic heterocycles. The van der Waals surface area contributed by atoms with Crippen molar-refractivity contribution in [2.45, 2.75) is 53.0 Å². The second kappa shape index (κ2) is 7.34. The van der Waals surface area contributed by atoms with Crippen molar-refractivity contribution in [2.75, 3.05) is 0 Å². The van der Waals surface area contributed by atoms with Gasteiger partial charge in [0.15, 0.2) is 5.78 Å². The lowest BCUT2D eigenvalue weighted by atomic mass is 9.72. The Labute approximate surface area is 138 Å². The highest BCUT2D eigenvalue weighted by Crippen LogP contribution is 2.39. The average Bonchev–Trinajstić information content (AvgIpc) is 2.41. The smallest absolute Gasteiger partial charge is 0.425 e. The molecule has 0 aromatic rings. The van der Waals surface area contributed by atoms with E-state index in [0.29, 0.717) is 24.0 Å². The third-order valence-electron chi connectivity index (χ3n) is 3.91. The molecule has 1 aliphatic rings. The molecule has 0 aromatic heterocycles. The van der Waals surface area contributed by atoms with Gasteiger partial charge in [-0.2, -0.15) is 13.2 Å². The van der Waals surface area contributed by atoms with Crippen LogP contribution in [0.5, 0.6) is 0 Å². The Morgan fingerprint density at radius 1 is 1.38 bits per heavy atom. The van der Waals surface area contributed by atoms with Crippen LogP contribution in [0.2, 0.25) is 0 Å². The second-order valence-corrected chi connectivity index (χ2v) is 6.38. The zero-order chi connectivity index (χ0) is 18.7. The summed E-state index contributed by atoms with van der Waals surface area (Å²) >= 11 is 0. The van der Waals surface area contributed by atoms with Crippen LogP contribution in [0.4, 0.5) is 13.2 Å². The number of ether oxygens (including phenoxy) is 1. The molecule has 0 saturated carbocycles. The predicted molar refractivity (Wildman–Crippen MR) is 81.8 cm³/mol. The molecule has 0 saturated heterocycles. The Kier molecular flexibility index (Phi) is 6.16. The molecular formula is C17H21F3O4. The molecule has 1 aliphatic carbocycles. The lowest BCUT2D eigenvalue weighted by Crippen LogP contribution is -2.29. The molecule has 24 heavy (non-hydrogen) atoms. The third kappa shape index (κ3) is 5.33. The molecule has 0 spiro atoms. The van der Waals surface area contributed by atoms with Gasteiger partial charge in [-0.15, -0.1) is 0 Å². The number of ketones is 1. The van der Waals surface area contributed by atoms with E-state index < -0.39 is 18.4 Å². The van der Waals surface area contributed by atoms with Gasteiger partial charge in [0.25, 0.3) is 0 Å². The number of alkyl halides is 3. The molecule has 0 bridgehead atoms. The number of hydrogen-bond donors (Lipinski definition) is 1. The van der Waals surface area contributed by atoms with Gasteiger partial charge in [0.2, 0.25) is 6.29 Å². The molecule has 0 heterocycles. The second-order valence-electron chi connectivity index (χ2n) is 6.38. The van der Waals surface area contributed by atoms with E-state index in [1.165, 1.54) is 6.92 Å². The van der Waals surface area contributed by atoms with Gasteiger partial charge >= 0.3 is 12.1 Å². The minimum atomic E-state index is -5.16. The van der Waals surface area contributed by atoms with Crippen LogP contribution in [0.1, 0.15) is 40.5 Å². The Hall–Kier alpha value is -1.89. The molecule has 0 fully saturated rings. The molecule has 134 valence electrons. The summed E-state index contributed by atoms with van der Waals surface area (Å²) < 4.78 is 40.0. The number of allylic oxidation sites excluding steroid dienone is 5. The molecule has 7 heteroatoms. The minimum Gasteiger partial charge on any atom is -0.425 e. The zero-order valence-corrected chi connectivity index (χ0v) is 14.0. The summed E-state index contributed by atoms with van der Waals surface area (Å²) in [6.07, 6.45) is -1.73. The standard InChI is InChI=1S/C17H21F3O4/c1-10(9-14(22)24-15(23)17(18,19)20)5-6-12-11(2)13(21)7-8-16(12,3)4/h5-6,9,14,22H,7-8H2,1-4H3/b6-5+,10-9+. The Bertz CT molecular complexity index is 610. The molecule has 1 unspecified atom stereocenters. The number of aliphatic hydroxyl groups is 1.